The number of amides is 1. The molecule has 81 heavy (non-hydrogen) atoms. The lowest BCUT2D eigenvalue weighted by Crippen LogP contribution is -2.45. The van der Waals surface area contributed by atoms with Gasteiger partial charge < -0.3 is 19.8 Å². The highest BCUT2D eigenvalue weighted by atomic mass is 31.2. The summed E-state index contributed by atoms with van der Waals surface area (Å²) in [5, 5.41) is 14.0. The van der Waals surface area contributed by atoms with Gasteiger partial charge in [-0.25, -0.2) is 4.57 Å². The predicted octanol–water partition coefficient (Wildman–Crippen LogP) is 22.6. The number of unbranched alkanes of at least 4 members (excludes halogenated alkanes) is 47. The zero-order chi connectivity index (χ0) is 59.1. The Morgan fingerprint density at radius 1 is 0.420 bits per heavy atom. The summed E-state index contributed by atoms with van der Waals surface area (Å²) in [5.41, 5.74) is 0. The Hall–Kier alpha value is -1.54. The number of hydrogen-bond donors (Lipinski definition) is 3. The van der Waals surface area contributed by atoms with Gasteiger partial charge in [0.05, 0.1) is 39.9 Å². The molecule has 9 heteroatoms. The van der Waals surface area contributed by atoms with Crippen molar-refractivity contribution in [2.45, 2.75) is 366 Å². The fraction of sp³-hybridized carbons (Fsp3) is 0.875. The molecular formula is C72H140N2O6P+. The molecular weight excluding hydrogens is 1020 g/mol. The molecule has 0 bridgehead atoms. The SMILES string of the molecule is CCCCCCC/C=C\C/C=C\CCCCCCCCCCCCCCCCCCCCCCCCCCCC(=O)NC(COP(=O)(O)OCC[N+](C)(C)C)C(O)/C=C/CC/C=C/CCCCCCCCCCCCCCCCCC. The highest BCUT2D eigenvalue weighted by Crippen LogP contribution is 2.43. The molecule has 0 radical (unpaired) electrons. The molecule has 0 saturated heterocycles. The third-order valence-electron chi connectivity index (χ3n) is 16.3. The van der Waals surface area contributed by atoms with Gasteiger partial charge in [-0.05, 0) is 64.2 Å². The number of likely N-dealkylation sites (N-methyl/N-ethyl adjacent to an activating group) is 1. The zero-order valence-corrected chi connectivity index (χ0v) is 55.7. The van der Waals surface area contributed by atoms with Crippen molar-refractivity contribution in [3.05, 3.63) is 48.6 Å². The van der Waals surface area contributed by atoms with E-state index in [-0.39, 0.29) is 19.1 Å². The zero-order valence-electron chi connectivity index (χ0n) is 54.8. The molecule has 0 heterocycles. The molecule has 0 aliphatic rings. The molecule has 0 aromatic carbocycles. The van der Waals surface area contributed by atoms with Crippen LogP contribution < -0.4 is 5.32 Å². The van der Waals surface area contributed by atoms with Crippen LogP contribution in [0.1, 0.15) is 354 Å². The number of hydrogen-bond acceptors (Lipinski definition) is 5. The minimum Gasteiger partial charge on any atom is -0.387 e. The van der Waals surface area contributed by atoms with E-state index in [1.54, 1.807) is 6.08 Å². The summed E-state index contributed by atoms with van der Waals surface area (Å²) in [6, 6.07) is -0.863. The average molecular weight is 1160 g/mol. The van der Waals surface area contributed by atoms with E-state index in [9.17, 15) is 19.4 Å². The molecule has 0 saturated carbocycles. The van der Waals surface area contributed by atoms with E-state index >= 15 is 0 Å². The number of allylic oxidation sites excluding steroid dienone is 7. The quantitative estimate of drug-likeness (QED) is 0.0243. The second-order valence-corrected chi connectivity index (χ2v) is 27.1. The second-order valence-electron chi connectivity index (χ2n) is 25.6. The molecule has 0 aromatic heterocycles. The van der Waals surface area contributed by atoms with Gasteiger partial charge in [0, 0.05) is 6.42 Å². The molecule has 478 valence electrons. The molecule has 0 fully saturated rings. The van der Waals surface area contributed by atoms with Crippen molar-refractivity contribution in [2.75, 3.05) is 40.9 Å². The number of rotatable bonds is 66. The van der Waals surface area contributed by atoms with Crippen molar-refractivity contribution in [3.63, 3.8) is 0 Å². The minimum atomic E-state index is -4.36. The molecule has 0 spiro atoms. The Kier molecular flexibility index (Phi) is 61.8. The molecule has 3 atom stereocenters. The number of nitrogens with zero attached hydrogens (tertiary/aromatic N) is 1. The maximum Gasteiger partial charge on any atom is 0.472 e. The van der Waals surface area contributed by atoms with Crippen LogP contribution in [0.2, 0.25) is 0 Å². The first-order valence-electron chi connectivity index (χ1n) is 35.5. The fourth-order valence-corrected chi connectivity index (χ4v) is 11.5. The number of aliphatic hydroxyl groups is 1. The highest BCUT2D eigenvalue weighted by molar-refractivity contribution is 7.47. The van der Waals surface area contributed by atoms with Gasteiger partial charge in [-0.3, -0.25) is 13.8 Å². The van der Waals surface area contributed by atoms with E-state index in [0.717, 1.165) is 44.9 Å². The lowest BCUT2D eigenvalue weighted by atomic mass is 10.0. The molecule has 3 unspecified atom stereocenters. The number of carbonyl (C=O) groups excluding carboxylic acids is 1. The molecule has 0 aliphatic heterocycles. The summed E-state index contributed by atoms with van der Waals surface area (Å²) in [5.74, 6) is -0.180. The van der Waals surface area contributed by atoms with Crippen molar-refractivity contribution >= 4 is 13.7 Å². The van der Waals surface area contributed by atoms with Crippen LogP contribution in [0, 0.1) is 0 Å². The van der Waals surface area contributed by atoms with E-state index in [1.807, 2.05) is 27.2 Å². The van der Waals surface area contributed by atoms with Gasteiger partial charge in [0.15, 0.2) is 0 Å². The van der Waals surface area contributed by atoms with Crippen molar-refractivity contribution in [2.24, 2.45) is 0 Å². The van der Waals surface area contributed by atoms with E-state index in [4.69, 9.17) is 9.05 Å². The number of carbonyl (C=O) groups is 1. The molecule has 8 nitrogen and oxygen atoms in total. The van der Waals surface area contributed by atoms with Crippen LogP contribution in [0.25, 0.3) is 0 Å². The maximum atomic E-state index is 13.0. The van der Waals surface area contributed by atoms with Gasteiger partial charge in [-0.2, -0.15) is 0 Å². The Labute approximate surface area is 505 Å². The summed E-state index contributed by atoms with van der Waals surface area (Å²) in [6.07, 6.45) is 85.6. The smallest absolute Gasteiger partial charge is 0.387 e. The molecule has 0 aromatic rings. The van der Waals surface area contributed by atoms with Gasteiger partial charge in [0.2, 0.25) is 5.91 Å². The maximum absolute atomic E-state index is 13.0. The Bertz CT molecular complexity index is 1460. The van der Waals surface area contributed by atoms with Crippen LogP contribution in [-0.2, 0) is 18.4 Å². The number of phosphoric ester groups is 1. The number of nitrogens with one attached hydrogen (secondary N) is 1. The summed E-state index contributed by atoms with van der Waals surface area (Å²) in [6.45, 7) is 4.83. The van der Waals surface area contributed by atoms with Crippen molar-refractivity contribution in [1.82, 2.24) is 5.32 Å². The van der Waals surface area contributed by atoms with Crippen molar-refractivity contribution in [3.8, 4) is 0 Å². The third kappa shape index (κ3) is 65.9. The van der Waals surface area contributed by atoms with Crippen LogP contribution in [0.3, 0.4) is 0 Å². The highest BCUT2D eigenvalue weighted by Gasteiger charge is 2.28. The summed E-state index contributed by atoms with van der Waals surface area (Å²) < 4.78 is 23.8. The van der Waals surface area contributed by atoms with Crippen LogP contribution in [0.4, 0.5) is 0 Å². The van der Waals surface area contributed by atoms with Gasteiger partial charge in [0.25, 0.3) is 0 Å². The second kappa shape index (κ2) is 63.0. The first kappa shape index (κ1) is 79.5. The topological polar surface area (TPSA) is 105 Å². The van der Waals surface area contributed by atoms with Gasteiger partial charge in [-0.1, -0.05) is 332 Å². The van der Waals surface area contributed by atoms with Gasteiger partial charge in [0.1, 0.15) is 13.2 Å². The minimum absolute atomic E-state index is 0.0577. The number of quaternary nitrogens is 1. The van der Waals surface area contributed by atoms with Crippen LogP contribution in [-0.4, -0.2) is 73.4 Å². The molecule has 0 aliphatic carbocycles. The van der Waals surface area contributed by atoms with E-state index in [2.05, 4.69) is 55.6 Å². The Balaban J connectivity index is 3.99. The Morgan fingerprint density at radius 3 is 1.06 bits per heavy atom. The van der Waals surface area contributed by atoms with Crippen LogP contribution >= 0.6 is 7.82 Å². The lowest BCUT2D eigenvalue weighted by Gasteiger charge is -2.25. The van der Waals surface area contributed by atoms with Gasteiger partial charge >= 0.3 is 7.82 Å². The molecule has 0 rings (SSSR count). The van der Waals surface area contributed by atoms with Crippen LogP contribution in [0.15, 0.2) is 48.6 Å². The predicted molar refractivity (Wildman–Crippen MR) is 355 cm³/mol. The lowest BCUT2D eigenvalue weighted by molar-refractivity contribution is -0.870. The fourth-order valence-electron chi connectivity index (χ4n) is 10.7. The molecule has 1 amide bonds. The largest absolute Gasteiger partial charge is 0.472 e. The van der Waals surface area contributed by atoms with Crippen LogP contribution in [0.5, 0.6) is 0 Å². The average Bonchev–Trinajstić information content (AvgIpc) is 3.43. The standard InChI is InChI=1S/C72H139N2O6P/c1-6-8-10-12-14-16-18-20-22-24-26-28-30-31-32-33-34-35-36-37-38-39-40-41-42-43-44-46-48-50-52-54-56-58-60-62-64-66-72(76)73-70(69-80-81(77,78)79-68-67-74(3,4)5)71(75)65-63-61-59-57-55-53-51-49-47-45-29-27-25-23-21-19-17-15-13-11-9-7-2/h18,20,24,26,55,57,63,65,70-71,75H,6-17,19,21-23,25,27-54,56,58-62,64,66-69H2,1-5H3,(H-,73,76,77,78)/p+1/b20-18-,26-24-,57-55+,65-63+. The summed E-state index contributed by atoms with van der Waals surface area (Å²) >= 11 is 0. The van der Waals surface area contributed by atoms with E-state index in [0.29, 0.717) is 17.4 Å². The Morgan fingerprint density at radius 2 is 0.716 bits per heavy atom. The first-order chi connectivity index (χ1) is 39.5. The van der Waals surface area contributed by atoms with Crippen molar-refractivity contribution < 1.29 is 32.9 Å². The van der Waals surface area contributed by atoms with E-state index in [1.165, 1.54) is 289 Å². The number of phosphoric acid groups is 1. The number of aliphatic hydroxyl groups excluding tert-OH is 1. The monoisotopic (exact) mass is 1160 g/mol. The normalized spacial score (nSPS) is 13.9. The summed E-state index contributed by atoms with van der Waals surface area (Å²) in [7, 11) is 1.57. The van der Waals surface area contributed by atoms with Crippen molar-refractivity contribution in [1.29, 1.82) is 0 Å². The molecule has 3 N–H and O–H groups in total. The van der Waals surface area contributed by atoms with Gasteiger partial charge in [-0.15, -0.1) is 0 Å². The third-order valence-corrected chi connectivity index (χ3v) is 17.3. The summed E-state index contributed by atoms with van der Waals surface area (Å²) in [4.78, 5) is 23.4. The van der Waals surface area contributed by atoms with E-state index < -0.39 is 20.0 Å². The first-order valence-corrected chi connectivity index (χ1v) is 37.0.